The molecule has 92 valence electrons. The third-order valence-electron chi connectivity index (χ3n) is 0.962. The van der Waals surface area contributed by atoms with Gasteiger partial charge in [0.2, 0.25) is 0 Å². The fourth-order valence-electron chi connectivity index (χ4n) is 0.605. The van der Waals surface area contributed by atoms with E-state index in [4.69, 9.17) is 15.3 Å². The molecule has 4 N–H and O–H groups in total. The first-order valence-corrected chi connectivity index (χ1v) is 4.38. The van der Waals surface area contributed by atoms with E-state index in [9.17, 15) is 0 Å². The Morgan fingerprint density at radius 3 is 1.88 bits per heavy atom. The smallest absolute Gasteiger partial charge is 0.273 e. The zero-order chi connectivity index (χ0) is 11.0. The summed E-state index contributed by atoms with van der Waals surface area (Å²) in [6.45, 7) is 0. The number of carbonyl (C=O) groups excluding carboxylic acids is 1. The molecule has 0 fully saturated rings. The zero-order valence-corrected chi connectivity index (χ0v) is 8.92. The maximum atomic E-state index is 9.09. The van der Waals surface area contributed by atoms with E-state index >= 15 is 0 Å². The van der Waals surface area contributed by atoms with Gasteiger partial charge in [0.1, 0.15) is 5.75 Å². The number of para-hydroxylation sites is 1. The molecule has 0 aliphatic heterocycles. The van der Waals surface area contributed by atoms with Crippen LogP contribution in [0.5, 0.6) is 5.75 Å². The van der Waals surface area contributed by atoms with Gasteiger partial charge in [0, 0.05) is 0 Å². The monoisotopic (exact) mass is 262 g/mol. The maximum absolute atomic E-state index is 9.09. The van der Waals surface area contributed by atoms with Crippen LogP contribution in [0.15, 0.2) is 30.3 Å². The Hall–Kier alpha value is -1.27. The Balaban J connectivity index is -0.000000249. The Bertz CT molecular complexity index is 301. The van der Waals surface area contributed by atoms with Crippen LogP contribution in [0.2, 0.25) is 0 Å². The molecule has 1 amide bonds. The Morgan fingerprint density at radius 1 is 1.19 bits per heavy atom. The standard InChI is InChI=1S/C7H7NOS.CH3NOS.2CH4/c8-7(10)9-6-4-2-1-3-5-6;2-1(3)4;;/h1-5H,(H2,8,10);(H3,2,3,4);2*1H4. The van der Waals surface area contributed by atoms with Crippen LogP contribution >= 0.6 is 24.8 Å². The van der Waals surface area contributed by atoms with Crippen molar-refractivity contribution in [2.75, 3.05) is 0 Å². The van der Waals surface area contributed by atoms with Gasteiger partial charge in [-0.25, -0.2) is 0 Å². The molecular weight excluding hydrogens is 244 g/mol. The van der Waals surface area contributed by atoms with E-state index in [-0.39, 0.29) is 20.0 Å². The lowest BCUT2D eigenvalue weighted by molar-refractivity contribution is 0.267. The summed E-state index contributed by atoms with van der Waals surface area (Å²) in [5, 5.41) is -0.591. The summed E-state index contributed by atoms with van der Waals surface area (Å²) >= 11 is 7.64. The molecule has 6 heteroatoms. The summed E-state index contributed by atoms with van der Waals surface area (Å²) in [7, 11) is 0. The van der Waals surface area contributed by atoms with E-state index in [2.05, 4.69) is 30.6 Å². The summed E-state index contributed by atoms with van der Waals surface area (Å²) in [6.07, 6.45) is 0. The highest BCUT2D eigenvalue weighted by Crippen LogP contribution is 2.07. The van der Waals surface area contributed by atoms with Crippen molar-refractivity contribution in [2.24, 2.45) is 11.5 Å². The number of hydrogen-bond acceptors (Lipinski definition) is 3. The number of thiocarbonyl (C=S) groups is 1. The summed E-state index contributed by atoms with van der Waals surface area (Å²) in [6, 6.07) is 9.19. The Labute approximate surface area is 107 Å². The first kappa shape index (κ1) is 20.2. The van der Waals surface area contributed by atoms with E-state index in [1.807, 2.05) is 18.2 Å². The van der Waals surface area contributed by atoms with Crippen molar-refractivity contribution < 1.29 is 9.53 Å². The van der Waals surface area contributed by atoms with Crippen LogP contribution in [-0.4, -0.2) is 10.4 Å². The molecule has 1 aromatic rings. The lowest BCUT2D eigenvalue weighted by atomic mass is 10.3. The van der Waals surface area contributed by atoms with E-state index in [0.717, 1.165) is 0 Å². The molecule has 0 saturated heterocycles. The van der Waals surface area contributed by atoms with Crippen LogP contribution in [0.3, 0.4) is 0 Å². The van der Waals surface area contributed by atoms with Crippen molar-refractivity contribution in [1.29, 1.82) is 0 Å². The average molecular weight is 262 g/mol. The van der Waals surface area contributed by atoms with Gasteiger partial charge in [-0.05, 0) is 24.4 Å². The van der Waals surface area contributed by atoms with Gasteiger partial charge in [0.25, 0.3) is 10.4 Å². The highest BCUT2D eigenvalue weighted by atomic mass is 32.1. The Kier molecular flexibility index (Phi) is 14.9. The second kappa shape index (κ2) is 11.8. The van der Waals surface area contributed by atoms with Crippen LogP contribution in [0.4, 0.5) is 4.79 Å². The summed E-state index contributed by atoms with van der Waals surface area (Å²) < 4.78 is 4.92. The predicted octanol–water partition coefficient (Wildman–Crippen LogP) is 2.58. The highest BCUT2D eigenvalue weighted by molar-refractivity contribution is 7.96. The second-order valence-electron chi connectivity index (χ2n) is 2.07. The highest BCUT2D eigenvalue weighted by Gasteiger charge is 1.90. The van der Waals surface area contributed by atoms with Gasteiger partial charge in [-0.1, -0.05) is 45.7 Å². The molecule has 0 aliphatic carbocycles. The van der Waals surface area contributed by atoms with E-state index in [1.165, 1.54) is 0 Å². The molecular formula is C10H18N2O2S2. The minimum absolute atomic E-state index is 0. The number of carbonyl (C=O) groups is 1. The molecule has 1 rings (SSSR count). The van der Waals surface area contributed by atoms with Crippen LogP contribution in [0, 0.1) is 0 Å². The van der Waals surface area contributed by atoms with Crippen LogP contribution in [0.25, 0.3) is 0 Å². The van der Waals surface area contributed by atoms with Crippen LogP contribution < -0.4 is 16.2 Å². The maximum Gasteiger partial charge on any atom is 0.273 e. The fraction of sp³-hybridized carbons (Fsp3) is 0.200. The van der Waals surface area contributed by atoms with E-state index in [0.29, 0.717) is 5.75 Å². The summed E-state index contributed by atoms with van der Waals surface area (Å²) in [5.41, 5.74) is 9.47. The third-order valence-corrected chi connectivity index (χ3v) is 1.04. The molecule has 0 bridgehead atoms. The van der Waals surface area contributed by atoms with Crippen LogP contribution in [-0.2, 0) is 0 Å². The average Bonchev–Trinajstić information content (AvgIpc) is 2.03. The number of ether oxygens (including phenoxy) is 1. The number of amides is 1. The molecule has 0 heterocycles. The molecule has 0 unspecified atom stereocenters. The van der Waals surface area contributed by atoms with Crippen molar-refractivity contribution in [1.82, 2.24) is 0 Å². The molecule has 4 nitrogen and oxygen atoms in total. The molecule has 16 heavy (non-hydrogen) atoms. The molecule has 0 aromatic heterocycles. The first-order chi connectivity index (χ1) is 6.52. The normalized spacial score (nSPS) is 7.06. The minimum Gasteiger partial charge on any atom is -0.432 e. The fourth-order valence-corrected chi connectivity index (χ4v) is 0.701. The quantitative estimate of drug-likeness (QED) is 0.537. The van der Waals surface area contributed by atoms with Gasteiger partial charge in [-0.2, -0.15) is 0 Å². The van der Waals surface area contributed by atoms with Gasteiger partial charge in [0.15, 0.2) is 0 Å². The number of hydrogen-bond donors (Lipinski definition) is 3. The number of thiol groups is 1. The largest absolute Gasteiger partial charge is 0.432 e. The number of nitrogens with two attached hydrogens (primary N) is 2. The van der Waals surface area contributed by atoms with Gasteiger partial charge < -0.3 is 16.2 Å². The SMILES string of the molecule is C.C.NC(=O)S.NC(=S)Oc1ccccc1. The molecule has 0 saturated carbocycles. The van der Waals surface area contributed by atoms with Gasteiger partial charge in [-0.15, -0.1) is 0 Å². The minimum atomic E-state index is -0.639. The Morgan fingerprint density at radius 2 is 1.56 bits per heavy atom. The van der Waals surface area contributed by atoms with Crippen LogP contribution in [0.1, 0.15) is 14.9 Å². The lowest BCUT2D eigenvalue weighted by Gasteiger charge is -1.99. The number of rotatable bonds is 1. The molecule has 0 radical (unpaired) electrons. The molecule has 1 aromatic carbocycles. The van der Waals surface area contributed by atoms with Crippen molar-refractivity contribution in [2.45, 2.75) is 14.9 Å². The number of benzene rings is 1. The van der Waals surface area contributed by atoms with Gasteiger partial charge in [-0.3, -0.25) is 4.79 Å². The van der Waals surface area contributed by atoms with Crippen molar-refractivity contribution in [3.05, 3.63) is 30.3 Å². The van der Waals surface area contributed by atoms with E-state index in [1.54, 1.807) is 12.1 Å². The van der Waals surface area contributed by atoms with E-state index < -0.39 is 5.24 Å². The van der Waals surface area contributed by atoms with Crippen molar-refractivity contribution in [3.8, 4) is 5.75 Å². The number of primary amides is 1. The predicted molar refractivity (Wildman–Crippen MR) is 75.9 cm³/mol. The van der Waals surface area contributed by atoms with Gasteiger partial charge >= 0.3 is 0 Å². The van der Waals surface area contributed by atoms with Gasteiger partial charge in [0.05, 0.1) is 0 Å². The molecule has 0 atom stereocenters. The molecule has 0 aliphatic rings. The molecule has 0 spiro atoms. The lowest BCUT2D eigenvalue weighted by Crippen LogP contribution is -2.15. The van der Waals surface area contributed by atoms with Crippen molar-refractivity contribution in [3.63, 3.8) is 0 Å². The third kappa shape index (κ3) is 15.2. The topological polar surface area (TPSA) is 78.3 Å². The second-order valence-corrected chi connectivity index (χ2v) is 2.92. The zero-order valence-electron chi connectivity index (χ0n) is 7.21. The van der Waals surface area contributed by atoms with Crippen molar-refractivity contribution >= 4 is 35.3 Å². The first-order valence-electron chi connectivity index (χ1n) is 3.53. The summed E-state index contributed by atoms with van der Waals surface area (Å²) in [4.78, 5) is 9.09. The summed E-state index contributed by atoms with van der Waals surface area (Å²) in [5.74, 6) is 0.676.